The van der Waals surface area contributed by atoms with Crippen molar-refractivity contribution in [3.8, 4) is 0 Å². The lowest BCUT2D eigenvalue weighted by Crippen LogP contribution is -2.33. The van der Waals surface area contributed by atoms with Crippen molar-refractivity contribution in [2.75, 3.05) is 19.7 Å². The van der Waals surface area contributed by atoms with Crippen molar-refractivity contribution in [3.63, 3.8) is 0 Å². The topological polar surface area (TPSA) is 21.3 Å². The van der Waals surface area contributed by atoms with E-state index in [9.17, 15) is 0 Å². The van der Waals surface area contributed by atoms with E-state index in [-0.39, 0.29) is 6.10 Å². The Balaban J connectivity index is 1.93. The number of hydrogen-bond acceptors (Lipinski definition) is 3. The molecule has 2 rings (SSSR count). The lowest BCUT2D eigenvalue weighted by Gasteiger charge is -2.31. The largest absolute Gasteiger partial charge is 0.372 e. The summed E-state index contributed by atoms with van der Waals surface area (Å²) in [5.74, 6) is 1.27. The van der Waals surface area contributed by atoms with Crippen molar-refractivity contribution in [3.05, 3.63) is 21.3 Å². The van der Waals surface area contributed by atoms with Crippen LogP contribution in [0.25, 0.3) is 0 Å². The second kappa shape index (κ2) is 6.90. The van der Waals surface area contributed by atoms with Gasteiger partial charge in [-0.3, -0.25) is 0 Å². The Labute approximate surface area is 119 Å². The molecule has 1 aliphatic rings. The molecule has 1 fully saturated rings. The Kier molecular flexibility index (Phi) is 5.49. The minimum absolute atomic E-state index is 0.232. The molecule has 18 heavy (non-hydrogen) atoms. The van der Waals surface area contributed by atoms with Gasteiger partial charge in [0.05, 0.1) is 11.1 Å². The maximum Gasteiger partial charge on any atom is 0.0957 e. The number of halogens is 1. The van der Waals surface area contributed by atoms with Gasteiger partial charge in [0.2, 0.25) is 0 Å². The maximum absolute atomic E-state index is 6.01. The summed E-state index contributed by atoms with van der Waals surface area (Å²) in [7, 11) is 0. The first kappa shape index (κ1) is 14.3. The van der Waals surface area contributed by atoms with Crippen molar-refractivity contribution in [2.45, 2.75) is 32.8 Å². The van der Waals surface area contributed by atoms with E-state index in [0.29, 0.717) is 11.8 Å². The fourth-order valence-corrected chi connectivity index (χ4v) is 3.62. The molecule has 0 amide bonds. The van der Waals surface area contributed by atoms with Crippen LogP contribution in [0.15, 0.2) is 11.4 Å². The number of thiophene rings is 1. The SMILES string of the molecule is CC(C)CNCC1CCCOC1c1cc(Cl)cs1. The third-order valence-corrected chi connectivity index (χ3v) is 4.61. The zero-order chi connectivity index (χ0) is 13.0. The molecule has 1 aromatic rings. The van der Waals surface area contributed by atoms with Gasteiger partial charge in [-0.25, -0.2) is 0 Å². The smallest absolute Gasteiger partial charge is 0.0957 e. The highest BCUT2D eigenvalue weighted by Gasteiger charge is 2.28. The first-order chi connectivity index (χ1) is 8.66. The fourth-order valence-electron chi connectivity index (χ4n) is 2.40. The molecule has 0 bridgehead atoms. The molecule has 0 aromatic carbocycles. The summed E-state index contributed by atoms with van der Waals surface area (Å²) in [6.45, 7) is 7.47. The van der Waals surface area contributed by atoms with Gasteiger partial charge in [-0.05, 0) is 31.4 Å². The highest BCUT2D eigenvalue weighted by Crippen LogP contribution is 2.37. The van der Waals surface area contributed by atoms with Crippen molar-refractivity contribution in [1.29, 1.82) is 0 Å². The lowest BCUT2D eigenvalue weighted by atomic mass is 9.93. The molecule has 1 N–H and O–H groups in total. The fraction of sp³-hybridized carbons (Fsp3) is 0.714. The van der Waals surface area contributed by atoms with Crippen molar-refractivity contribution in [1.82, 2.24) is 5.32 Å². The summed E-state index contributed by atoms with van der Waals surface area (Å²) >= 11 is 7.73. The van der Waals surface area contributed by atoms with Crippen LogP contribution in [0.1, 0.15) is 37.7 Å². The third-order valence-electron chi connectivity index (χ3n) is 3.27. The van der Waals surface area contributed by atoms with Gasteiger partial charge in [0, 0.05) is 29.3 Å². The quantitative estimate of drug-likeness (QED) is 0.880. The Morgan fingerprint density at radius 3 is 3.06 bits per heavy atom. The zero-order valence-corrected chi connectivity index (χ0v) is 12.7. The van der Waals surface area contributed by atoms with Gasteiger partial charge in [-0.15, -0.1) is 11.3 Å². The monoisotopic (exact) mass is 287 g/mol. The number of rotatable bonds is 5. The van der Waals surface area contributed by atoms with E-state index >= 15 is 0 Å². The first-order valence-electron chi connectivity index (χ1n) is 6.73. The summed E-state index contributed by atoms with van der Waals surface area (Å²) in [5, 5.41) is 6.38. The normalized spacial score (nSPS) is 24.7. The number of ether oxygens (including phenoxy) is 1. The van der Waals surface area contributed by atoms with E-state index in [2.05, 4.69) is 25.2 Å². The second-order valence-corrected chi connectivity index (χ2v) is 6.79. The Morgan fingerprint density at radius 2 is 2.39 bits per heavy atom. The number of nitrogens with one attached hydrogen (secondary N) is 1. The molecule has 2 unspecified atom stereocenters. The maximum atomic E-state index is 6.01. The summed E-state index contributed by atoms with van der Waals surface area (Å²) in [6.07, 6.45) is 2.64. The van der Waals surface area contributed by atoms with Gasteiger partial charge in [0.1, 0.15) is 0 Å². The van der Waals surface area contributed by atoms with E-state index in [1.165, 1.54) is 17.7 Å². The minimum atomic E-state index is 0.232. The van der Waals surface area contributed by atoms with E-state index in [1.807, 2.05) is 5.38 Å². The van der Waals surface area contributed by atoms with Crippen molar-refractivity contribution < 1.29 is 4.74 Å². The van der Waals surface area contributed by atoms with E-state index in [1.54, 1.807) is 11.3 Å². The predicted molar refractivity (Wildman–Crippen MR) is 78.5 cm³/mol. The van der Waals surface area contributed by atoms with Crippen LogP contribution in [-0.4, -0.2) is 19.7 Å². The standard InChI is InChI=1S/C14H22ClNOS/c1-10(2)7-16-8-11-4-3-5-17-14(11)13-6-12(15)9-18-13/h6,9-11,14,16H,3-5,7-8H2,1-2H3. The highest BCUT2D eigenvalue weighted by atomic mass is 35.5. The zero-order valence-electron chi connectivity index (χ0n) is 11.1. The van der Waals surface area contributed by atoms with Crippen molar-refractivity contribution in [2.24, 2.45) is 11.8 Å². The summed E-state index contributed by atoms with van der Waals surface area (Å²) in [5.41, 5.74) is 0. The van der Waals surface area contributed by atoms with Crippen molar-refractivity contribution >= 4 is 22.9 Å². The Hall–Kier alpha value is -0.0900. The van der Waals surface area contributed by atoms with Crippen LogP contribution in [-0.2, 0) is 4.74 Å². The van der Waals surface area contributed by atoms with E-state index in [4.69, 9.17) is 16.3 Å². The van der Waals surface area contributed by atoms with Gasteiger partial charge in [-0.1, -0.05) is 25.4 Å². The predicted octanol–water partition coefficient (Wildman–Crippen LogP) is 4.11. The second-order valence-electron chi connectivity index (χ2n) is 5.41. The molecule has 4 heteroatoms. The Bertz CT molecular complexity index is 366. The van der Waals surface area contributed by atoms with Crippen LogP contribution in [0, 0.1) is 11.8 Å². The van der Waals surface area contributed by atoms with E-state index < -0.39 is 0 Å². The van der Waals surface area contributed by atoms with Gasteiger partial charge in [0.15, 0.2) is 0 Å². The molecule has 1 aliphatic heterocycles. The molecule has 1 saturated heterocycles. The molecule has 102 valence electrons. The molecule has 2 nitrogen and oxygen atoms in total. The van der Waals surface area contributed by atoms with E-state index in [0.717, 1.165) is 24.7 Å². The average molecular weight is 288 g/mol. The lowest BCUT2D eigenvalue weighted by molar-refractivity contribution is -0.0257. The van der Waals surface area contributed by atoms with Crippen LogP contribution in [0.2, 0.25) is 5.02 Å². The molecule has 1 aromatic heterocycles. The van der Waals surface area contributed by atoms with Crippen LogP contribution in [0.4, 0.5) is 0 Å². The average Bonchev–Trinajstić information content (AvgIpc) is 2.76. The molecule has 0 radical (unpaired) electrons. The van der Waals surface area contributed by atoms with Gasteiger partial charge >= 0.3 is 0 Å². The van der Waals surface area contributed by atoms with Crippen LogP contribution >= 0.6 is 22.9 Å². The van der Waals surface area contributed by atoms with Gasteiger partial charge in [-0.2, -0.15) is 0 Å². The molecule has 0 spiro atoms. The number of hydrogen-bond donors (Lipinski definition) is 1. The third kappa shape index (κ3) is 3.95. The van der Waals surface area contributed by atoms with Gasteiger partial charge in [0.25, 0.3) is 0 Å². The molecular formula is C14H22ClNOS. The molecule has 2 atom stereocenters. The summed E-state index contributed by atoms with van der Waals surface area (Å²) in [6, 6.07) is 2.05. The van der Waals surface area contributed by atoms with Gasteiger partial charge < -0.3 is 10.1 Å². The molecule has 0 aliphatic carbocycles. The first-order valence-corrected chi connectivity index (χ1v) is 7.99. The summed E-state index contributed by atoms with van der Waals surface area (Å²) < 4.78 is 5.96. The summed E-state index contributed by atoms with van der Waals surface area (Å²) in [4.78, 5) is 1.27. The molecular weight excluding hydrogens is 266 g/mol. The Morgan fingerprint density at radius 1 is 1.56 bits per heavy atom. The van der Waals surface area contributed by atoms with Crippen LogP contribution < -0.4 is 5.32 Å². The molecule has 0 saturated carbocycles. The highest BCUT2D eigenvalue weighted by molar-refractivity contribution is 7.10. The molecule has 2 heterocycles. The minimum Gasteiger partial charge on any atom is -0.372 e. The van der Waals surface area contributed by atoms with Crippen LogP contribution in [0.5, 0.6) is 0 Å². The van der Waals surface area contributed by atoms with Crippen LogP contribution in [0.3, 0.4) is 0 Å².